The molecule has 1 fully saturated rings. The van der Waals surface area contributed by atoms with E-state index in [9.17, 15) is 4.79 Å². The summed E-state index contributed by atoms with van der Waals surface area (Å²) in [5.41, 5.74) is 1.94. The van der Waals surface area contributed by atoms with Gasteiger partial charge in [-0.25, -0.2) is 9.97 Å². The number of aryl methyl sites for hydroxylation is 1. The molecule has 110 valence electrons. The molecule has 0 aromatic carbocycles. The highest BCUT2D eigenvalue weighted by Gasteiger charge is 2.29. The van der Waals surface area contributed by atoms with Crippen LogP contribution in [0.5, 0.6) is 0 Å². The number of rotatable bonds is 6. The summed E-state index contributed by atoms with van der Waals surface area (Å²) in [5, 5.41) is 2.96. The molecule has 2 heterocycles. The Morgan fingerprint density at radius 1 is 1.50 bits per heavy atom. The monoisotopic (exact) mass is 278 g/mol. The molecule has 1 saturated heterocycles. The molecule has 0 saturated carbocycles. The summed E-state index contributed by atoms with van der Waals surface area (Å²) in [6, 6.07) is 1.99. The van der Waals surface area contributed by atoms with Gasteiger partial charge in [-0.2, -0.15) is 0 Å². The average Bonchev–Trinajstić information content (AvgIpc) is 2.75. The van der Waals surface area contributed by atoms with Crippen molar-refractivity contribution in [1.29, 1.82) is 0 Å². The van der Waals surface area contributed by atoms with Crippen molar-refractivity contribution in [2.24, 2.45) is 5.92 Å². The quantitative estimate of drug-likeness (QED) is 0.836. The Morgan fingerprint density at radius 2 is 2.30 bits per heavy atom. The van der Waals surface area contributed by atoms with E-state index in [4.69, 9.17) is 4.74 Å². The second-order valence-electron chi connectivity index (χ2n) is 5.18. The SMILES string of the molecule is CNc1nc(C)cc(C[C@H]2CC(=O)N(CCOC)C2)n1. The highest BCUT2D eigenvalue weighted by molar-refractivity contribution is 5.78. The van der Waals surface area contributed by atoms with Gasteiger partial charge >= 0.3 is 0 Å². The zero-order valence-electron chi connectivity index (χ0n) is 12.3. The van der Waals surface area contributed by atoms with Gasteiger partial charge in [0.05, 0.1) is 6.61 Å². The van der Waals surface area contributed by atoms with Crippen LogP contribution in [0.2, 0.25) is 0 Å². The Balaban J connectivity index is 1.97. The summed E-state index contributed by atoms with van der Waals surface area (Å²) in [6.45, 7) is 4.02. The van der Waals surface area contributed by atoms with E-state index < -0.39 is 0 Å². The number of nitrogens with zero attached hydrogens (tertiary/aromatic N) is 3. The number of carbonyl (C=O) groups excluding carboxylic acids is 1. The van der Waals surface area contributed by atoms with E-state index in [0.717, 1.165) is 24.4 Å². The second kappa shape index (κ2) is 6.65. The number of likely N-dealkylation sites (tertiary alicyclic amines) is 1. The molecule has 0 bridgehead atoms. The van der Waals surface area contributed by atoms with Crippen LogP contribution < -0.4 is 5.32 Å². The first-order valence-electron chi connectivity index (χ1n) is 6.91. The molecule has 0 radical (unpaired) electrons. The Morgan fingerprint density at radius 3 is 3.00 bits per heavy atom. The number of ether oxygens (including phenoxy) is 1. The fourth-order valence-electron chi connectivity index (χ4n) is 2.55. The summed E-state index contributed by atoms with van der Waals surface area (Å²) < 4.78 is 5.03. The van der Waals surface area contributed by atoms with Crippen LogP contribution in [-0.2, 0) is 16.0 Å². The van der Waals surface area contributed by atoms with Crippen LogP contribution in [0.1, 0.15) is 17.8 Å². The molecule has 1 amide bonds. The maximum absolute atomic E-state index is 11.9. The molecule has 1 aliphatic rings. The Hall–Kier alpha value is -1.69. The minimum Gasteiger partial charge on any atom is -0.383 e. The maximum Gasteiger partial charge on any atom is 0.223 e. The zero-order chi connectivity index (χ0) is 14.5. The average molecular weight is 278 g/mol. The van der Waals surface area contributed by atoms with Crippen LogP contribution >= 0.6 is 0 Å². The first-order valence-corrected chi connectivity index (χ1v) is 6.91. The topological polar surface area (TPSA) is 67.4 Å². The number of nitrogens with one attached hydrogen (secondary N) is 1. The predicted octanol–water partition coefficient (Wildman–Crippen LogP) is 0.864. The van der Waals surface area contributed by atoms with Crippen molar-refractivity contribution in [1.82, 2.24) is 14.9 Å². The number of methoxy groups -OCH3 is 1. The molecule has 1 aromatic rings. The van der Waals surface area contributed by atoms with E-state index in [-0.39, 0.29) is 5.91 Å². The molecule has 2 rings (SSSR count). The van der Waals surface area contributed by atoms with Crippen LogP contribution in [0, 0.1) is 12.8 Å². The van der Waals surface area contributed by atoms with Gasteiger partial charge in [0.2, 0.25) is 11.9 Å². The first kappa shape index (κ1) is 14.7. The summed E-state index contributed by atoms with van der Waals surface area (Å²) in [7, 11) is 3.46. The predicted molar refractivity (Wildman–Crippen MR) is 76.6 cm³/mol. The van der Waals surface area contributed by atoms with Crippen molar-refractivity contribution in [3.05, 3.63) is 17.5 Å². The van der Waals surface area contributed by atoms with E-state index in [1.807, 2.05) is 24.9 Å². The highest BCUT2D eigenvalue weighted by Crippen LogP contribution is 2.21. The van der Waals surface area contributed by atoms with Gasteiger partial charge in [-0.15, -0.1) is 0 Å². The Labute approximate surface area is 119 Å². The Bertz CT molecular complexity index is 478. The summed E-state index contributed by atoms with van der Waals surface area (Å²) in [4.78, 5) is 22.5. The van der Waals surface area contributed by atoms with Gasteiger partial charge in [-0.1, -0.05) is 0 Å². The lowest BCUT2D eigenvalue weighted by Gasteiger charge is -2.16. The van der Waals surface area contributed by atoms with Crippen molar-refractivity contribution in [3.8, 4) is 0 Å². The third-order valence-corrected chi connectivity index (χ3v) is 3.49. The number of hydrogen-bond acceptors (Lipinski definition) is 5. The minimum atomic E-state index is 0.215. The molecule has 0 aliphatic carbocycles. The highest BCUT2D eigenvalue weighted by atomic mass is 16.5. The molecule has 0 unspecified atom stereocenters. The van der Waals surface area contributed by atoms with Gasteiger partial charge in [-0.3, -0.25) is 4.79 Å². The largest absolute Gasteiger partial charge is 0.383 e. The van der Waals surface area contributed by atoms with Crippen molar-refractivity contribution >= 4 is 11.9 Å². The van der Waals surface area contributed by atoms with Crippen molar-refractivity contribution < 1.29 is 9.53 Å². The van der Waals surface area contributed by atoms with E-state index in [0.29, 0.717) is 31.4 Å². The molecular formula is C14H22N4O2. The van der Waals surface area contributed by atoms with Crippen molar-refractivity contribution in [2.45, 2.75) is 19.8 Å². The van der Waals surface area contributed by atoms with Crippen molar-refractivity contribution in [2.75, 3.05) is 39.2 Å². The van der Waals surface area contributed by atoms with Gasteiger partial charge in [0.25, 0.3) is 0 Å². The van der Waals surface area contributed by atoms with Gasteiger partial charge in [0.15, 0.2) is 0 Å². The molecule has 1 atom stereocenters. The molecule has 20 heavy (non-hydrogen) atoms. The van der Waals surface area contributed by atoms with Gasteiger partial charge in [0.1, 0.15) is 0 Å². The summed E-state index contributed by atoms with van der Waals surface area (Å²) in [6.07, 6.45) is 1.41. The van der Waals surface area contributed by atoms with Gasteiger partial charge < -0.3 is 15.0 Å². The molecule has 1 aromatic heterocycles. The molecule has 6 heteroatoms. The van der Waals surface area contributed by atoms with E-state index in [2.05, 4.69) is 15.3 Å². The van der Waals surface area contributed by atoms with Crippen LogP contribution in [0.25, 0.3) is 0 Å². The van der Waals surface area contributed by atoms with E-state index >= 15 is 0 Å². The lowest BCUT2D eigenvalue weighted by atomic mass is 10.0. The molecule has 6 nitrogen and oxygen atoms in total. The molecule has 0 spiro atoms. The third-order valence-electron chi connectivity index (χ3n) is 3.49. The smallest absolute Gasteiger partial charge is 0.223 e. The van der Waals surface area contributed by atoms with Crippen LogP contribution in [0.15, 0.2) is 6.07 Å². The number of anilines is 1. The normalized spacial score (nSPS) is 18.6. The fraction of sp³-hybridized carbons (Fsp3) is 0.643. The number of amides is 1. The molecule has 1 N–H and O–H groups in total. The first-order chi connectivity index (χ1) is 9.62. The zero-order valence-corrected chi connectivity index (χ0v) is 12.3. The van der Waals surface area contributed by atoms with Crippen molar-refractivity contribution in [3.63, 3.8) is 0 Å². The number of aromatic nitrogens is 2. The molecule has 1 aliphatic heterocycles. The second-order valence-corrected chi connectivity index (χ2v) is 5.18. The maximum atomic E-state index is 11.9. The van der Waals surface area contributed by atoms with Crippen LogP contribution in [0.4, 0.5) is 5.95 Å². The lowest BCUT2D eigenvalue weighted by molar-refractivity contribution is -0.128. The number of carbonyl (C=O) groups is 1. The standard InChI is InChI=1S/C14H22N4O2/c1-10-6-12(17-14(15-2)16-10)7-11-8-13(19)18(9-11)4-5-20-3/h6,11H,4-5,7-9H2,1-3H3,(H,15,16,17)/t11-/m0/s1. The fourth-order valence-corrected chi connectivity index (χ4v) is 2.55. The summed E-state index contributed by atoms with van der Waals surface area (Å²) in [5.74, 6) is 1.19. The third kappa shape index (κ3) is 3.66. The van der Waals surface area contributed by atoms with Crippen LogP contribution in [-0.4, -0.2) is 54.6 Å². The molecular weight excluding hydrogens is 256 g/mol. The van der Waals surface area contributed by atoms with Gasteiger partial charge in [-0.05, 0) is 25.3 Å². The minimum absolute atomic E-state index is 0.215. The van der Waals surface area contributed by atoms with Crippen LogP contribution in [0.3, 0.4) is 0 Å². The van der Waals surface area contributed by atoms with E-state index in [1.54, 1.807) is 7.11 Å². The van der Waals surface area contributed by atoms with E-state index in [1.165, 1.54) is 0 Å². The van der Waals surface area contributed by atoms with Gasteiger partial charge in [0, 0.05) is 45.1 Å². The number of hydrogen-bond donors (Lipinski definition) is 1. The summed E-state index contributed by atoms with van der Waals surface area (Å²) >= 11 is 0. The Kier molecular flexibility index (Phi) is 4.89. The lowest BCUT2D eigenvalue weighted by Crippen LogP contribution is -2.29.